The number of nitro benzene ring substituents is 1. The first-order valence-corrected chi connectivity index (χ1v) is 7.76. The number of carbonyl (C=O) groups is 2. The van der Waals surface area contributed by atoms with E-state index in [-0.39, 0.29) is 22.2 Å². The van der Waals surface area contributed by atoms with Crippen molar-refractivity contribution in [3.8, 4) is 0 Å². The van der Waals surface area contributed by atoms with Gasteiger partial charge in [0.15, 0.2) is 0 Å². The zero-order valence-corrected chi connectivity index (χ0v) is 13.3. The molecule has 0 aromatic heterocycles. The van der Waals surface area contributed by atoms with E-state index in [0.717, 1.165) is 10.6 Å². The standard InChI is InChI=1S/C19H11N3O4/c23-18-14-8-4-7-13-16(22(25)26)10-9-15(17(13)14)19(24)21(18)20-11-12-5-2-1-3-6-12/h1-11H/b20-11-. The molecule has 7 nitrogen and oxygen atoms in total. The van der Waals surface area contributed by atoms with Gasteiger partial charge in [-0.2, -0.15) is 10.1 Å². The topological polar surface area (TPSA) is 92.9 Å². The van der Waals surface area contributed by atoms with Gasteiger partial charge in [0, 0.05) is 11.5 Å². The summed E-state index contributed by atoms with van der Waals surface area (Å²) in [6.45, 7) is 0. The van der Waals surface area contributed by atoms with Gasteiger partial charge in [-0.1, -0.05) is 36.4 Å². The summed E-state index contributed by atoms with van der Waals surface area (Å²) < 4.78 is 0. The fraction of sp³-hybridized carbons (Fsp3) is 0. The minimum absolute atomic E-state index is 0.146. The molecular weight excluding hydrogens is 334 g/mol. The smallest absolute Gasteiger partial charge is 0.267 e. The zero-order chi connectivity index (χ0) is 18.3. The molecule has 3 aromatic rings. The van der Waals surface area contributed by atoms with Crippen LogP contribution in [0.3, 0.4) is 0 Å². The van der Waals surface area contributed by atoms with Gasteiger partial charge in [0.25, 0.3) is 17.5 Å². The maximum absolute atomic E-state index is 12.7. The summed E-state index contributed by atoms with van der Waals surface area (Å²) in [6, 6.07) is 16.3. The van der Waals surface area contributed by atoms with Gasteiger partial charge in [0.2, 0.25) is 0 Å². The third kappa shape index (κ3) is 2.34. The van der Waals surface area contributed by atoms with Gasteiger partial charge in [-0.15, -0.1) is 0 Å². The van der Waals surface area contributed by atoms with E-state index in [1.165, 1.54) is 30.5 Å². The highest BCUT2D eigenvalue weighted by Crippen LogP contribution is 2.35. The number of hydrogen-bond acceptors (Lipinski definition) is 5. The van der Waals surface area contributed by atoms with Crippen molar-refractivity contribution in [3.05, 3.63) is 87.5 Å². The van der Waals surface area contributed by atoms with Crippen molar-refractivity contribution in [2.24, 2.45) is 5.10 Å². The summed E-state index contributed by atoms with van der Waals surface area (Å²) in [5, 5.41) is 16.6. The molecule has 0 N–H and O–H groups in total. The van der Waals surface area contributed by atoms with Gasteiger partial charge < -0.3 is 0 Å². The Morgan fingerprint density at radius 1 is 0.885 bits per heavy atom. The summed E-state index contributed by atoms with van der Waals surface area (Å²) in [5.74, 6) is -1.22. The summed E-state index contributed by atoms with van der Waals surface area (Å²) >= 11 is 0. The highest BCUT2D eigenvalue weighted by molar-refractivity contribution is 6.26. The van der Waals surface area contributed by atoms with Crippen LogP contribution in [0, 0.1) is 10.1 Å². The molecule has 3 aromatic carbocycles. The number of rotatable bonds is 3. The number of benzene rings is 3. The van der Waals surface area contributed by atoms with Crippen molar-refractivity contribution in [2.45, 2.75) is 0 Å². The lowest BCUT2D eigenvalue weighted by molar-refractivity contribution is -0.383. The van der Waals surface area contributed by atoms with E-state index in [1.54, 1.807) is 18.2 Å². The van der Waals surface area contributed by atoms with Crippen LogP contribution in [-0.4, -0.2) is 28.0 Å². The first kappa shape index (κ1) is 15.6. The molecule has 0 aliphatic carbocycles. The average Bonchev–Trinajstić information content (AvgIpc) is 2.66. The lowest BCUT2D eigenvalue weighted by Gasteiger charge is -2.22. The van der Waals surface area contributed by atoms with Gasteiger partial charge in [0.05, 0.1) is 27.7 Å². The number of hydrogen-bond donors (Lipinski definition) is 0. The molecule has 0 saturated carbocycles. The number of nitrogens with zero attached hydrogens (tertiary/aromatic N) is 3. The molecule has 2 amide bonds. The number of imide groups is 1. The Balaban J connectivity index is 1.86. The Kier molecular flexibility index (Phi) is 3.54. The quantitative estimate of drug-likeness (QED) is 0.315. The summed E-state index contributed by atoms with van der Waals surface area (Å²) in [5.41, 5.74) is 1.02. The summed E-state index contributed by atoms with van der Waals surface area (Å²) in [7, 11) is 0. The maximum Gasteiger partial charge on any atom is 0.282 e. The first-order valence-electron chi connectivity index (χ1n) is 7.76. The lowest BCUT2D eigenvalue weighted by Crippen LogP contribution is -2.36. The van der Waals surface area contributed by atoms with Crippen LogP contribution in [0.2, 0.25) is 0 Å². The zero-order valence-electron chi connectivity index (χ0n) is 13.3. The van der Waals surface area contributed by atoms with Crippen LogP contribution in [0.5, 0.6) is 0 Å². The van der Waals surface area contributed by atoms with Gasteiger partial charge in [-0.3, -0.25) is 19.7 Å². The highest BCUT2D eigenvalue weighted by atomic mass is 16.6. The SMILES string of the molecule is O=C1c2cccc3c([N+](=O)[O-])ccc(c23)C(=O)N1/N=C\c1ccccc1. The molecule has 7 heteroatoms. The lowest BCUT2D eigenvalue weighted by atomic mass is 9.94. The normalized spacial score (nSPS) is 13.6. The number of amides is 2. The van der Waals surface area contributed by atoms with Crippen LogP contribution in [0.15, 0.2) is 65.8 Å². The largest absolute Gasteiger partial charge is 0.282 e. The monoisotopic (exact) mass is 345 g/mol. The van der Waals surface area contributed by atoms with E-state index in [2.05, 4.69) is 5.10 Å². The molecular formula is C19H11N3O4. The average molecular weight is 345 g/mol. The van der Waals surface area contributed by atoms with Crippen molar-refractivity contribution >= 4 is 34.5 Å². The van der Waals surface area contributed by atoms with E-state index in [0.29, 0.717) is 5.39 Å². The van der Waals surface area contributed by atoms with Crippen molar-refractivity contribution < 1.29 is 14.5 Å². The molecule has 126 valence electrons. The van der Waals surface area contributed by atoms with Gasteiger partial charge in [-0.05, 0) is 23.8 Å². The highest BCUT2D eigenvalue weighted by Gasteiger charge is 2.34. The number of non-ortho nitro benzene ring substituents is 1. The summed E-state index contributed by atoms with van der Waals surface area (Å²) in [4.78, 5) is 36.2. The van der Waals surface area contributed by atoms with E-state index >= 15 is 0 Å². The van der Waals surface area contributed by atoms with E-state index < -0.39 is 16.7 Å². The van der Waals surface area contributed by atoms with Crippen molar-refractivity contribution in [1.29, 1.82) is 0 Å². The molecule has 1 aliphatic heterocycles. The van der Waals surface area contributed by atoms with Crippen LogP contribution in [0.25, 0.3) is 10.8 Å². The maximum atomic E-state index is 12.7. The third-order valence-corrected chi connectivity index (χ3v) is 4.18. The fourth-order valence-corrected chi connectivity index (χ4v) is 3.00. The number of carbonyl (C=O) groups excluding carboxylic acids is 2. The first-order chi connectivity index (χ1) is 12.6. The molecule has 1 heterocycles. The van der Waals surface area contributed by atoms with Gasteiger partial charge in [0.1, 0.15) is 0 Å². The summed E-state index contributed by atoms with van der Waals surface area (Å²) in [6.07, 6.45) is 1.42. The fourth-order valence-electron chi connectivity index (χ4n) is 3.00. The molecule has 4 rings (SSSR count). The minimum Gasteiger partial charge on any atom is -0.267 e. The Morgan fingerprint density at radius 3 is 2.27 bits per heavy atom. The Labute approximate surface area is 147 Å². The van der Waals surface area contributed by atoms with Crippen LogP contribution >= 0.6 is 0 Å². The Bertz CT molecular complexity index is 1080. The minimum atomic E-state index is -0.610. The molecule has 0 spiro atoms. The molecule has 0 radical (unpaired) electrons. The number of hydrazone groups is 1. The predicted molar refractivity (Wildman–Crippen MR) is 95.1 cm³/mol. The van der Waals surface area contributed by atoms with E-state index in [4.69, 9.17) is 0 Å². The Hall–Kier alpha value is -3.87. The van der Waals surface area contributed by atoms with Crippen LogP contribution in [0.4, 0.5) is 5.69 Å². The molecule has 0 fully saturated rings. The Morgan fingerprint density at radius 2 is 1.58 bits per heavy atom. The van der Waals surface area contributed by atoms with Gasteiger partial charge in [-0.25, -0.2) is 0 Å². The van der Waals surface area contributed by atoms with Crippen molar-refractivity contribution in [3.63, 3.8) is 0 Å². The van der Waals surface area contributed by atoms with Crippen LogP contribution in [0.1, 0.15) is 26.3 Å². The van der Waals surface area contributed by atoms with Gasteiger partial charge >= 0.3 is 0 Å². The van der Waals surface area contributed by atoms with Crippen molar-refractivity contribution in [1.82, 2.24) is 5.01 Å². The third-order valence-electron chi connectivity index (χ3n) is 4.18. The molecule has 0 atom stereocenters. The van der Waals surface area contributed by atoms with E-state index in [9.17, 15) is 19.7 Å². The molecule has 0 bridgehead atoms. The number of nitro groups is 1. The van der Waals surface area contributed by atoms with Crippen LogP contribution < -0.4 is 0 Å². The second-order valence-electron chi connectivity index (χ2n) is 5.69. The molecule has 26 heavy (non-hydrogen) atoms. The molecule has 0 unspecified atom stereocenters. The predicted octanol–water partition coefficient (Wildman–Crippen LogP) is 3.38. The van der Waals surface area contributed by atoms with Crippen molar-refractivity contribution in [2.75, 3.05) is 0 Å². The molecule has 0 saturated heterocycles. The second-order valence-corrected chi connectivity index (χ2v) is 5.69. The van der Waals surface area contributed by atoms with E-state index in [1.807, 2.05) is 18.2 Å². The van der Waals surface area contributed by atoms with Crippen LogP contribution in [-0.2, 0) is 0 Å². The molecule has 1 aliphatic rings. The second kappa shape index (κ2) is 5.89.